The third-order valence-electron chi connectivity index (χ3n) is 4.01. The molecule has 1 atom stereocenters. The van der Waals surface area contributed by atoms with Gasteiger partial charge in [0.1, 0.15) is 5.60 Å². The molecular formula is C18H29N3O2. The summed E-state index contributed by atoms with van der Waals surface area (Å²) < 4.78 is 5.34. The first-order valence-corrected chi connectivity index (χ1v) is 8.32. The topological polar surface area (TPSA) is 67.6 Å². The second-order valence-corrected chi connectivity index (χ2v) is 7.26. The maximum Gasteiger partial charge on any atom is 0.410 e. The molecule has 5 heteroatoms. The predicted molar refractivity (Wildman–Crippen MR) is 93.4 cm³/mol. The fourth-order valence-corrected chi connectivity index (χ4v) is 2.87. The van der Waals surface area contributed by atoms with Gasteiger partial charge in [0.25, 0.3) is 0 Å². The van der Waals surface area contributed by atoms with Gasteiger partial charge in [0, 0.05) is 25.3 Å². The zero-order chi connectivity index (χ0) is 17.0. The lowest BCUT2D eigenvalue weighted by atomic mass is 10.1. The first-order chi connectivity index (χ1) is 10.8. The third kappa shape index (κ3) is 5.13. The summed E-state index contributed by atoms with van der Waals surface area (Å²) in [4.78, 5) is 13.5. The molecule has 1 amide bonds. The molecule has 0 aromatic heterocycles. The van der Waals surface area contributed by atoms with Crippen LogP contribution in [0.1, 0.15) is 50.8 Å². The van der Waals surface area contributed by atoms with Gasteiger partial charge in [0.2, 0.25) is 0 Å². The quantitative estimate of drug-likeness (QED) is 0.646. The summed E-state index contributed by atoms with van der Waals surface area (Å²) in [5.74, 6) is 0. The average Bonchev–Trinajstić information content (AvgIpc) is 2.83. The molecule has 0 bridgehead atoms. The summed E-state index contributed by atoms with van der Waals surface area (Å²) in [7, 11) is 1.78. The molecule has 0 radical (unpaired) electrons. The van der Waals surface area contributed by atoms with Gasteiger partial charge in [-0.3, -0.25) is 0 Å². The number of ether oxygens (including phenoxy) is 1. The van der Waals surface area contributed by atoms with Crippen molar-refractivity contribution in [3.8, 4) is 0 Å². The van der Waals surface area contributed by atoms with Crippen LogP contribution in [0.5, 0.6) is 0 Å². The molecule has 23 heavy (non-hydrogen) atoms. The molecule has 5 nitrogen and oxygen atoms in total. The standard InChI is InChI=1S/C18H29N3O2/c1-18(2,3)23-17(22)21(4)11-5-10-20-16-9-6-13-12-14(19)7-8-15(13)16/h7-8,12,16,20H,5-6,9-11,19H2,1-4H3. The first kappa shape index (κ1) is 17.6. The Kier molecular flexibility index (Phi) is 5.52. The van der Waals surface area contributed by atoms with Crippen LogP contribution in [0.4, 0.5) is 10.5 Å². The van der Waals surface area contributed by atoms with E-state index < -0.39 is 5.60 Å². The fourth-order valence-electron chi connectivity index (χ4n) is 2.87. The molecule has 1 aromatic carbocycles. The van der Waals surface area contributed by atoms with Gasteiger partial charge in [-0.1, -0.05) is 6.07 Å². The van der Waals surface area contributed by atoms with Gasteiger partial charge >= 0.3 is 6.09 Å². The summed E-state index contributed by atoms with van der Waals surface area (Å²) >= 11 is 0. The maximum atomic E-state index is 11.9. The summed E-state index contributed by atoms with van der Waals surface area (Å²) in [6.07, 6.45) is 2.83. The number of hydrogen-bond acceptors (Lipinski definition) is 4. The highest BCUT2D eigenvalue weighted by atomic mass is 16.6. The molecule has 2 rings (SSSR count). The van der Waals surface area contributed by atoms with E-state index in [1.54, 1.807) is 11.9 Å². The minimum atomic E-state index is -0.445. The van der Waals surface area contributed by atoms with Crippen LogP contribution >= 0.6 is 0 Å². The van der Waals surface area contributed by atoms with Crippen molar-refractivity contribution in [2.24, 2.45) is 0 Å². The summed E-state index contributed by atoms with van der Waals surface area (Å²) in [5, 5.41) is 3.58. The molecule has 0 saturated heterocycles. The monoisotopic (exact) mass is 319 g/mol. The van der Waals surface area contributed by atoms with Crippen LogP contribution in [-0.4, -0.2) is 36.7 Å². The third-order valence-corrected chi connectivity index (χ3v) is 4.01. The van der Waals surface area contributed by atoms with Crippen molar-refractivity contribution in [1.82, 2.24) is 10.2 Å². The predicted octanol–water partition coefficient (Wildman–Crippen LogP) is 3.10. The molecule has 0 aliphatic heterocycles. The number of nitrogens with zero attached hydrogens (tertiary/aromatic N) is 1. The second kappa shape index (κ2) is 7.21. The van der Waals surface area contributed by atoms with E-state index >= 15 is 0 Å². The maximum absolute atomic E-state index is 11.9. The molecule has 0 saturated carbocycles. The lowest BCUT2D eigenvalue weighted by molar-refractivity contribution is 0.0297. The van der Waals surface area contributed by atoms with Crippen molar-refractivity contribution in [3.05, 3.63) is 29.3 Å². The number of amides is 1. The van der Waals surface area contributed by atoms with Gasteiger partial charge in [0.15, 0.2) is 0 Å². The highest BCUT2D eigenvalue weighted by molar-refractivity contribution is 5.67. The largest absolute Gasteiger partial charge is 0.444 e. The van der Waals surface area contributed by atoms with Gasteiger partial charge in [0.05, 0.1) is 0 Å². The normalized spacial score (nSPS) is 17.0. The van der Waals surface area contributed by atoms with Crippen molar-refractivity contribution in [1.29, 1.82) is 0 Å². The van der Waals surface area contributed by atoms with Crippen molar-refractivity contribution >= 4 is 11.8 Å². The molecule has 3 N–H and O–H groups in total. The molecule has 0 fully saturated rings. The lowest BCUT2D eigenvalue weighted by Gasteiger charge is -2.24. The number of anilines is 1. The number of fused-ring (bicyclic) bond motifs is 1. The van der Waals surface area contributed by atoms with Crippen molar-refractivity contribution in [2.45, 2.75) is 51.7 Å². The number of nitrogens with one attached hydrogen (secondary N) is 1. The average molecular weight is 319 g/mol. The Balaban J connectivity index is 1.72. The molecule has 128 valence electrons. The van der Waals surface area contributed by atoms with E-state index in [9.17, 15) is 4.79 Å². The highest BCUT2D eigenvalue weighted by Gasteiger charge is 2.22. The number of nitrogens with two attached hydrogens (primary N) is 1. The number of nitrogen functional groups attached to an aromatic ring is 1. The molecule has 1 aliphatic carbocycles. The first-order valence-electron chi connectivity index (χ1n) is 8.32. The molecular weight excluding hydrogens is 290 g/mol. The van der Waals surface area contributed by atoms with Gasteiger partial charge in [-0.2, -0.15) is 0 Å². The zero-order valence-electron chi connectivity index (χ0n) is 14.7. The number of rotatable bonds is 5. The SMILES string of the molecule is CN(CCCNC1CCc2cc(N)ccc21)C(=O)OC(C)(C)C. The van der Waals surface area contributed by atoms with Crippen LogP contribution in [0.2, 0.25) is 0 Å². The van der Waals surface area contributed by atoms with Crippen LogP contribution in [0.15, 0.2) is 18.2 Å². The minimum absolute atomic E-state index is 0.265. The summed E-state index contributed by atoms with van der Waals surface area (Å²) in [6, 6.07) is 6.57. The number of benzene rings is 1. The van der Waals surface area contributed by atoms with Crippen LogP contribution in [-0.2, 0) is 11.2 Å². The molecule has 0 heterocycles. The van der Waals surface area contributed by atoms with Crippen LogP contribution < -0.4 is 11.1 Å². The molecule has 1 unspecified atom stereocenters. The van der Waals surface area contributed by atoms with E-state index in [-0.39, 0.29) is 6.09 Å². The minimum Gasteiger partial charge on any atom is -0.444 e. The second-order valence-electron chi connectivity index (χ2n) is 7.26. The number of carbonyl (C=O) groups excluding carboxylic acids is 1. The molecule has 1 aliphatic rings. The van der Waals surface area contributed by atoms with Crippen molar-refractivity contribution < 1.29 is 9.53 Å². The Bertz CT molecular complexity index is 552. The van der Waals surface area contributed by atoms with E-state index in [0.29, 0.717) is 12.6 Å². The smallest absolute Gasteiger partial charge is 0.410 e. The van der Waals surface area contributed by atoms with Crippen molar-refractivity contribution in [3.63, 3.8) is 0 Å². The van der Waals surface area contributed by atoms with Crippen LogP contribution in [0.3, 0.4) is 0 Å². The Labute approximate surface area is 139 Å². The Morgan fingerprint density at radius 1 is 1.43 bits per heavy atom. The van der Waals surface area contributed by atoms with E-state index in [4.69, 9.17) is 10.5 Å². The highest BCUT2D eigenvalue weighted by Crippen LogP contribution is 2.32. The van der Waals surface area contributed by atoms with E-state index in [0.717, 1.165) is 31.5 Å². The van der Waals surface area contributed by atoms with Gasteiger partial charge < -0.3 is 20.7 Å². The lowest BCUT2D eigenvalue weighted by Crippen LogP contribution is -2.35. The number of aryl methyl sites for hydroxylation is 1. The van der Waals surface area contributed by atoms with Gasteiger partial charge in [-0.25, -0.2) is 4.79 Å². The Hall–Kier alpha value is -1.75. The Morgan fingerprint density at radius 2 is 2.17 bits per heavy atom. The van der Waals surface area contributed by atoms with Gasteiger partial charge in [-0.15, -0.1) is 0 Å². The van der Waals surface area contributed by atoms with Crippen molar-refractivity contribution in [2.75, 3.05) is 25.9 Å². The molecule has 0 spiro atoms. The van der Waals surface area contributed by atoms with Gasteiger partial charge in [-0.05, 0) is 69.8 Å². The molecule has 1 aromatic rings. The number of hydrogen-bond donors (Lipinski definition) is 2. The summed E-state index contributed by atoms with van der Waals surface area (Å²) in [6.45, 7) is 7.20. The van der Waals surface area contributed by atoms with E-state index in [1.807, 2.05) is 26.8 Å². The van der Waals surface area contributed by atoms with Crippen LogP contribution in [0.25, 0.3) is 0 Å². The van der Waals surface area contributed by atoms with E-state index in [1.165, 1.54) is 11.1 Å². The fraction of sp³-hybridized carbons (Fsp3) is 0.611. The zero-order valence-corrected chi connectivity index (χ0v) is 14.7. The Morgan fingerprint density at radius 3 is 2.87 bits per heavy atom. The number of carbonyl (C=O) groups is 1. The van der Waals surface area contributed by atoms with E-state index in [2.05, 4.69) is 17.4 Å². The van der Waals surface area contributed by atoms with Crippen LogP contribution in [0, 0.1) is 0 Å². The summed E-state index contributed by atoms with van der Waals surface area (Å²) in [5.41, 5.74) is 8.94.